The number of nitrogens with one attached hydrogen (secondary N) is 1. The Bertz CT molecular complexity index is 528. The lowest BCUT2D eigenvalue weighted by Crippen LogP contribution is -2.49. The Balaban J connectivity index is 0.00000192. The summed E-state index contributed by atoms with van der Waals surface area (Å²) in [4.78, 5) is 18.1. The number of benzene rings is 1. The molecule has 1 N–H and O–H groups in total. The summed E-state index contributed by atoms with van der Waals surface area (Å²) >= 11 is 5.09. The lowest BCUT2D eigenvalue weighted by Gasteiger charge is -2.32. The number of hydrogen-bond donors (Lipinski definition) is 1. The van der Waals surface area contributed by atoms with Gasteiger partial charge in [0.2, 0.25) is 5.91 Å². The van der Waals surface area contributed by atoms with Gasteiger partial charge in [-0.25, -0.2) is 0 Å². The highest BCUT2D eigenvalue weighted by atomic mass is 79.9. The summed E-state index contributed by atoms with van der Waals surface area (Å²) in [5.41, 5.74) is 0. The molecular formula is C16H23BrClN3OS. The second kappa shape index (κ2) is 9.28. The molecule has 23 heavy (non-hydrogen) atoms. The normalized spacial score (nSPS) is 22.0. The van der Waals surface area contributed by atoms with Crippen LogP contribution >= 0.6 is 40.1 Å². The van der Waals surface area contributed by atoms with Crippen LogP contribution in [0.1, 0.15) is 6.42 Å². The van der Waals surface area contributed by atoms with Crippen LogP contribution in [-0.4, -0.2) is 66.8 Å². The number of piperazine rings is 1. The van der Waals surface area contributed by atoms with E-state index in [2.05, 4.69) is 38.3 Å². The Morgan fingerprint density at radius 2 is 2.09 bits per heavy atom. The predicted molar refractivity (Wildman–Crippen MR) is 102 cm³/mol. The third-order valence-electron chi connectivity index (χ3n) is 4.34. The zero-order valence-corrected chi connectivity index (χ0v) is 16.3. The van der Waals surface area contributed by atoms with E-state index >= 15 is 0 Å². The Kier molecular flexibility index (Phi) is 7.69. The summed E-state index contributed by atoms with van der Waals surface area (Å²) in [6.07, 6.45) is 1.12. The van der Waals surface area contributed by atoms with Gasteiger partial charge in [0.25, 0.3) is 0 Å². The molecule has 0 spiro atoms. The molecule has 0 aromatic heterocycles. The van der Waals surface area contributed by atoms with Gasteiger partial charge in [0.05, 0.1) is 5.75 Å². The van der Waals surface area contributed by atoms with Crippen LogP contribution in [0, 0.1) is 0 Å². The Morgan fingerprint density at radius 3 is 2.83 bits per heavy atom. The van der Waals surface area contributed by atoms with Crippen LogP contribution < -0.4 is 5.32 Å². The summed E-state index contributed by atoms with van der Waals surface area (Å²) < 4.78 is 1.06. The van der Waals surface area contributed by atoms with Crippen LogP contribution in [0.5, 0.6) is 0 Å². The first-order valence-corrected chi connectivity index (χ1v) is 9.61. The minimum absolute atomic E-state index is 0. The smallest absolute Gasteiger partial charge is 0.232 e. The van der Waals surface area contributed by atoms with E-state index in [-0.39, 0.29) is 18.3 Å². The van der Waals surface area contributed by atoms with Gasteiger partial charge in [-0.05, 0) is 24.6 Å². The van der Waals surface area contributed by atoms with Crippen LogP contribution in [0.3, 0.4) is 0 Å². The van der Waals surface area contributed by atoms with Crippen molar-refractivity contribution in [1.29, 1.82) is 0 Å². The van der Waals surface area contributed by atoms with Crippen molar-refractivity contribution in [2.75, 3.05) is 45.0 Å². The van der Waals surface area contributed by atoms with E-state index < -0.39 is 0 Å². The average molecular weight is 421 g/mol. The molecule has 1 aromatic rings. The molecule has 128 valence electrons. The maximum absolute atomic E-state index is 12.4. The van der Waals surface area contributed by atoms with Crippen molar-refractivity contribution in [1.82, 2.24) is 15.1 Å². The molecular weight excluding hydrogens is 398 g/mol. The van der Waals surface area contributed by atoms with E-state index in [0.29, 0.717) is 11.8 Å². The monoisotopic (exact) mass is 419 g/mol. The molecule has 0 aliphatic carbocycles. The fourth-order valence-electron chi connectivity index (χ4n) is 3.11. The number of thioether (sulfide) groups is 1. The fourth-order valence-corrected chi connectivity index (χ4v) is 4.52. The fraction of sp³-hybridized carbons (Fsp3) is 0.562. The van der Waals surface area contributed by atoms with Gasteiger partial charge in [-0.2, -0.15) is 0 Å². The van der Waals surface area contributed by atoms with Crippen molar-refractivity contribution >= 4 is 46.0 Å². The minimum Gasteiger partial charge on any atom is -0.340 e. The van der Waals surface area contributed by atoms with E-state index in [0.717, 1.165) is 55.1 Å². The van der Waals surface area contributed by atoms with Crippen molar-refractivity contribution < 1.29 is 4.79 Å². The lowest BCUT2D eigenvalue weighted by molar-refractivity contribution is -0.127. The van der Waals surface area contributed by atoms with Crippen LogP contribution in [0.2, 0.25) is 0 Å². The first-order valence-electron chi connectivity index (χ1n) is 7.83. The Hall–Kier alpha value is -0.270. The summed E-state index contributed by atoms with van der Waals surface area (Å²) in [7, 11) is 0. The van der Waals surface area contributed by atoms with E-state index in [1.54, 1.807) is 11.8 Å². The SMILES string of the molecule is Cl.O=C(CSc1cccc(Br)c1)N1CCC(N2CCNCC2)C1. The van der Waals surface area contributed by atoms with Crippen LogP contribution in [0.25, 0.3) is 0 Å². The lowest BCUT2D eigenvalue weighted by atomic mass is 10.2. The first-order chi connectivity index (χ1) is 10.7. The van der Waals surface area contributed by atoms with Gasteiger partial charge < -0.3 is 10.2 Å². The molecule has 1 unspecified atom stereocenters. The first kappa shape index (κ1) is 19.1. The van der Waals surface area contributed by atoms with Crippen molar-refractivity contribution in [2.45, 2.75) is 17.4 Å². The van der Waals surface area contributed by atoms with Gasteiger partial charge in [0.15, 0.2) is 0 Å². The van der Waals surface area contributed by atoms with E-state index in [4.69, 9.17) is 0 Å². The molecule has 2 heterocycles. The number of nitrogens with zero attached hydrogens (tertiary/aromatic N) is 2. The van der Waals surface area contributed by atoms with Crippen molar-refractivity contribution in [3.05, 3.63) is 28.7 Å². The van der Waals surface area contributed by atoms with E-state index in [9.17, 15) is 4.79 Å². The molecule has 4 nitrogen and oxygen atoms in total. The van der Waals surface area contributed by atoms with Crippen molar-refractivity contribution in [3.8, 4) is 0 Å². The molecule has 2 saturated heterocycles. The van der Waals surface area contributed by atoms with Crippen LogP contribution in [-0.2, 0) is 4.79 Å². The highest BCUT2D eigenvalue weighted by Gasteiger charge is 2.30. The maximum atomic E-state index is 12.4. The summed E-state index contributed by atoms with van der Waals surface area (Å²) in [6, 6.07) is 8.68. The molecule has 2 aliphatic heterocycles. The minimum atomic E-state index is 0. The Morgan fingerprint density at radius 1 is 1.30 bits per heavy atom. The predicted octanol–water partition coefficient (Wildman–Crippen LogP) is 2.47. The number of carbonyl (C=O) groups is 1. The zero-order valence-electron chi connectivity index (χ0n) is 13.0. The quantitative estimate of drug-likeness (QED) is 0.759. The van der Waals surface area contributed by atoms with Crippen molar-refractivity contribution in [3.63, 3.8) is 0 Å². The molecule has 0 radical (unpaired) electrons. The third-order valence-corrected chi connectivity index (χ3v) is 5.81. The van der Waals surface area contributed by atoms with Gasteiger partial charge in [0, 0.05) is 54.7 Å². The molecule has 0 saturated carbocycles. The van der Waals surface area contributed by atoms with Crippen LogP contribution in [0.4, 0.5) is 0 Å². The van der Waals surface area contributed by atoms with E-state index in [1.807, 2.05) is 17.0 Å². The van der Waals surface area contributed by atoms with Gasteiger partial charge in [0.1, 0.15) is 0 Å². The number of carbonyl (C=O) groups excluding carboxylic acids is 1. The molecule has 2 aliphatic rings. The zero-order chi connectivity index (χ0) is 15.4. The van der Waals surface area contributed by atoms with Crippen LogP contribution in [0.15, 0.2) is 33.6 Å². The number of halogens is 2. The molecule has 1 aromatic carbocycles. The second-order valence-electron chi connectivity index (χ2n) is 5.81. The summed E-state index contributed by atoms with van der Waals surface area (Å²) in [6.45, 7) is 6.18. The topological polar surface area (TPSA) is 35.6 Å². The second-order valence-corrected chi connectivity index (χ2v) is 7.78. The van der Waals surface area contributed by atoms with Gasteiger partial charge >= 0.3 is 0 Å². The average Bonchev–Trinajstić information content (AvgIpc) is 3.04. The molecule has 3 rings (SSSR count). The highest BCUT2D eigenvalue weighted by Crippen LogP contribution is 2.23. The molecule has 1 atom stereocenters. The van der Waals surface area contributed by atoms with Crippen molar-refractivity contribution in [2.24, 2.45) is 0 Å². The molecule has 7 heteroatoms. The molecule has 1 amide bonds. The number of likely N-dealkylation sites (tertiary alicyclic amines) is 1. The summed E-state index contributed by atoms with van der Waals surface area (Å²) in [5, 5.41) is 3.39. The molecule has 2 fully saturated rings. The van der Waals surface area contributed by atoms with Gasteiger partial charge in [-0.3, -0.25) is 9.69 Å². The number of rotatable bonds is 4. The summed E-state index contributed by atoms with van der Waals surface area (Å²) in [5.74, 6) is 0.799. The standard InChI is InChI=1S/C16H22BrN3OS.ClH/c17-13-2-1-3-15(10-13)22-12-16(21)20-7-4-14(11-20)19-8-5-18-6-9-19;/h1-3,10,14,18H,4-9,11-12H2;1H. The van der Waals surface area contributed by atoms with Gasteiger partial charge in [-0.1, -0.05) is 22.0 Å². The highest BCUT2D eigenvalue weighted by molar-refractivity contribution is 9.10. The van der Waals surface area contributed by atoms with Gasteiger partial charge in [-0.15, -0.1) is 24.2 Å². The maximum Gasteiger partial charge on any atom is 0.232 e. The molecule has 0 bridgehead atoms. The Labute approximate surface area is 156 Å². The third kappa shape index (κ3) is 5.36. The largest absolute Gasteiger partial charge is 0.340 e. The van der Waals surface area contributed by atoms with E-state index in [1.165, 1.54) is 0 Å². The number of amides is 1. The number of hydrogen-bond acceptors (Lipinski definition) is 4.